The molecule has 1 heterocycles. The summed E-state index contributed by atoms with van der Waals surface area (Å²) in [4.78, 5) is 0. The van der Waals surface area contributed by atoms with Gasteiger partial charge in [0.2, 0.25) is 0 Å². The first-order valence-electron chi connectivity index (χ1n) is 15.6. The van der Waals surface area contributed by atoms with E-state index >= 15 is 0 Å². The molecule has 0 saturated heterocycles. The van der Waals surface area contributed by atoms with E-state index in [1.165, 1.54) is 37.3 Å². The number of benzene rings is 7. The summed E-state index contributed by atoms with van der Waals surface area (Å²) in [5.41, 5.74) is 6.39. The Balaban J connectivity index is 1.57. The molecular formula is C43H30N2Si. The second-order valence-electron chi connectivity index (χ2n) is 11.6. The Kier molecular flexibility index (Phi) is 6.91. The van der Waals surface area contributed by atoms with Gasteiger partial charge in [-0.25, -0.2) is 0 Å². The van der Waals surface area contributed by atoms with Crippen LogP contribution in [0.15, 0.2) is 182 Å². The predicted octanol–water partition coefficient (Wildman–Crippen LogP) is 7.70. The molecule has 0 atom stereocenters. The van der Waals surface area contributed by atoms with Crippen LogP contribution in [0.1, 0.15) is 5.56 Å². The standard InChI is InChI=1S/C43H30N2Si/c44-31-32-27-28-40-39(29-32)43-41(45(40)35-18-7-2-8-19-35)25-14-26-42(43)46(36-20-9-3-10-21-36,37-22-11-4-12-23-37)38-24-13-17-34(30-38)33-15-5-1-6-16-33/h1-30H. The summed E-state index contributed by atoms with van der Waals surface area (Å²) >= 11 is 0. The smallest absolute Gasteiger partial charge is 0.180 e. The summed E-state index contributed by atoms with van der Waals surface area (Å²) in [7, 11) is -2.96. The Bertz CT molecular complexity index is 2310. The van der Waals surface area contributed by atoms with Crippen molar-refractivity contribution in [1.82, 2.24) is 4.57 Å². The van der Waals surface area contributed by atoms with Crippen LogP contribution >= 0.6 is 0 Å². The third-order valence-electron chi connectivity index (χ3n) is 9.15. The van der Waals surface area contributed by atoms with Crippen LogP contribution in [0.5, 0.6) is 0 Å². The summed E-state index contributed by atoms with van der Waals surface area (Å²) in [6.45, 7) is 0. The molecule has 1 aromatic heterocycles. The highest BCUT2D eigenvalue weighted by molar-refractivity contribution is 7.20. The van der Waals surface area contributed by atoms with Crippen LogP contribution in [0.3, 0.4) is 0 Å². The van der Waals surface area contributed by atoms with Crippen molar-refractivity contribution >= 4 is 50.6 Å². The molecule has 46 heavy (non-hydrogen) atoms. The van der Waals surface area contributed by atoms with Crippen molar-refractivity contribution in [1.29, 1.82) is 5.26 Å². The second kappa shape index (κ2) is 11.5. The maximum Gasteiger partial charge on any atom is 0.180 e. The zero-order valence-corrected chi connectivity index (χ0v) is 26.2. The van der Waals surface area contributed by atoms with E-state index in [4.69, 9.17) is 0 Å². The molecule has 0 aliphatic carbocycles. The van der Waals surface area contributed by atoms with E-state index in [2.05, 4.69) is 187 Å². The number of nitriles is 1. The fourth-order valence-electron chi connectivity index (χ4n) is 7.21. The number of aromatic nitrogens is 1. The van der Waals surface area contributed by atoms with Crippen molar-refractivity contribution in [2.75, 3.05) is 0 Å². The van der Waals surface area contributed by atoms with Crippen molar-refractivity contribution in [3.63, 3.8) is 0 Å². The van der Waals surface area contributed by atoms with E-state index in [0.717, 1.165) is 22.1 Å². The summed E-state index contributed by atoms with van der Waals surface area (Å²) in [5, 5.41) is 17.6. The zero-order valence-electron chi connectivity index (χ0n) is 25.2. The zero-order chi connectivity index (χ0) is 30.9. The summed E-state index contributed by atoms with van der Waals surface area (Å²) in [5.74, 6) is 0. The first kappa shape index (κ1) is 27.6. The van der Waals surface area contributed by atoms with Crippen LogP contribution in [0, 0.1) is 11.3 Å². The van der Waals surface area contributed by atoms with Gasteiger partial charge >= 0.3 is 0 Å². The van der Waals surface area contributed by atoms with Gasteiger partial charge in [0.05, 0.1) is 22.7 Å². The van der Waals surface area contributed by atoms with Gasteiger partial charge in [-0.1, -0.05) is 146 Å². The van der Waals surface area contributed by atoms with Gasteiger partial charge in [-0.3, -0.25) is 0 Å². The van der Waals surface area contributed by atoms with Crippen molar-refractivity contribution < 1.29 is 0 Å². The normalized spacial score (nSPS) is 11.5. The highest BCUT2D eigenvalue weighted by Gasteiger charge is 2.43. The molecule has 0 bridgehead atoms. The molecular weight excluding hydrogens is 573 g/mol. The van der Waals surface area contributed by atoms with E-state index in [1.807, 2.05) is 6.07 Å². The largest absolute Gasteiger partial charge is 0.309 e. The van der Waals surface area contributed by atoms with Crippen LogP contribution in [0.25, 0.3) is 38.6 Å². The molecule has 0 aliphatic heterocycles. The molecule has 0 fully saturated rings. The highest BCUT2D eigenvalue weighted by Crippen LogP contribution is 2.33. The Morgan fingerprint density at radius 2 is 1.02 bits per heavy atom. The molecule has 0 radical (unpaired) electrons. The molecule has 3 heteroatoms. The fourth-order valence-corrected chi connectivity index (χ4v) is 12.2. The van der Waals surface area contributed by atoms with Gasteiger partial charge in [-0.2, -0.15) is 5.26 Å². The molecule has 216 valence electrons. The predicted molar refractivity (Wildman–Crippen MR) is 195 cm³/mol. The average Bonchev–Trinajstić information content (AvgIpc) is 3.48. The monoisotopic (exact) mass is 602 g/mol. The van der Waals surface area contributed by atoms with Crippen molar-refractivity contribution in [2.45, 2.75) is 0 Å². The minimum Gasteiger partial charge on any atom is -0.309 e. The number of rotatable bonds is 6. The number of hydrogen-bond acceptors (Lipinski definition) is 1. The molecule has 0 saturated carbocycles. The Labute approximate surface area is 270 Å². The minimum atomic E-state index is -2.96. The lowest BCUT2D eigenvalue weighted by Crippen LogP contribution is -2.74. The maximum absolute atomic E-state index is 10.0. The van der Waals surface area contributed by atoms with Gasteiger partial charge in [0, 0.05) is 16.5 Å². The lowest BCUT2D eigenvalue weighted by atomic mass is 10.1. The van der Waals surface area contributed by atoms with Crippen molar-refractivity contribution in [2.24, 2.45) is 0 Å². The fraction of sp³-hybridized carbons (Fsp3) is 0. The maximum atomic E-state index is 10.0. The Hall–Kier alpha value is -5.95. The molecule has 8 aromatic rings. The van der Waals surface area contributed by atoms with Crippen LogP contribution in [0.4, 0.5) is 0 Å². The first-order chi connectivity index (χ1) is 22.8. The van der Waals surface area contributed by atoms with E-state index in [1.54, 1.807) is 0 Å². The SMILES string of the molecule is N#Cc1ccc2c(c1)c1c([Si](c3ccccc3)(c3ccccc3)c3cccc(-c4ccccc4)c3)cccc1n2-c1ccccc1. The molecule has 0 spiro atoms. The van der Waals surface area contributed by atoms with E-state index in [-0.39, 0.29) is 0 Å². The average molecular weight is 603 g/mol. The highest BCUT2D eigenvalue weighted by atomic mass is 28.3. The molecule has 0 unspecified atom stereocenters. The molecule has 0 aliphatic rings. The van der Waals surface area contributed by atoms with E-state index in [9.17, 15) is 5.26 Å². The molecule has 7 aromatic carbocycles. The number of fused-ring (bicyclic) bond motifs is 3. The molecule has 0 N–H and O–H groups in total. The lowest BCUT2D eigenvalue weighted by molar-refractivity contribution is 1.18. The van der Waals surface area contributed by atoms with Crippen molar-refractivity contribution in [3.8, 4) is 22.9 Å². The second-order valence-corrected chi connectivity index (χ2v) is 15.4. The topological polar surface area (TPSA) is 28.7 Å². The summed E-state index contributed by atoms with van der Waals surface area (Å²) < 4.78 is 2.35. The van der Waals surface area contributed by atoms with Crippen LogP contribution < -0.4 is 20.7 Å². The van der Waals surface area contributed by atoms with Gasteiger partial charge in [0.15, 0.2) is 8.07 Å². The summed E-state index contributed by atoms with van der Waals surface area (Å²) in [6.07, 6.45) is 0. The Morgan fingerprint density at radius 1 is 0.457 bits per heavy atom. The lowest BCUT2D eigenvalue weighted by Gasteiger charge is -2.35. The van der Waals surface area contributed by atoms with Gasteiger partial charge in [0.25, 0.3) is 0 Å². The van der Waals surface area contributed by atoms with E-state index < -0.39 is 8.07 Å². The third kappa shape index (κ3) is 4.39. The first-order valence-corrected chi connectivity index (χ1v) is 17.6. The van der Waals surface area contributed by atoms with Crippen LogP contribution in [-0.4, -0.2) is 12.6 Å². The summed E-state index contributed by atoms with van der Waals surface area (Å²) in [6, 6.07) is 67.8. The third-order valence-corrected chi connectivity index (χ3v) is 14.0. The van der Waals surface area contributed by atoms with Gasteiger partial charge in [-0.05, 0) is 68.3 Å². The van der Waals surface area contributed by atoms with Gasteiger partial charge in [0.1, 0.15) is 0 Å². The molecule has 8 rings (SSSR count). The van der Waals surface area contributed by atoms with Gasteiger partial charge < -0.3 is 4.57 Å². The van der Waals surface area contributed by atoms with E-state index in [0.29, 0.717) is 5.56 Å². The molecule has 2 nitrogen and oxygen atoms in total. The minimum absolute atomic E-state index is 0.659. The quantitative estimate of drug-likeness (QED) is 0.142. The van der Waals surface area contributed by atoms with Crippen LogP contribution in [-0.2, 0) is 0 Å². The number of nitrogens with zero attached hydrogens (tertiary/aromatic N) is 2. The van der Waals surface area contributed by atoms with Crippen LogP contribution in [0.2, 0.25) is 0 Å². The number of para-hydroxylation sites is 1. The number of hydrogen-bond donors (Lipinski definition) is 0. The van der Waals surface area contributed by atoms with Gasteiger partial charge in [-0.15, -0.1) is 0 Å². The van der Waals surface area contributed by atoms with Crippen molar-refractivity contribution in [3.05, 3.63) is 188 Å². The Morgan fingerprint density at radius 3 is 1.67 bits per heavy atom. The molecule has 0 amide bonds.